The second-order valence-corrected chi connectivity index (χ2v) is 4.76. The molecule has 2 rings (SSSR count). The summed E-state index contributed by atoms with van der Waals surface area (Å²) < 4.78 is 38.6. The fourth-order valence-electron chi connectivity index (χ4n) is 2.11. The molecule has 4 amide bonds. The number of carbonyl (C=O) groups is 2. The lowest BCUT2D eigenvalue weighted by atomic mass is 10.2. The molecule has 10 heteroatoms. The number of nitrogens with one attached hydrogen (secondary N) is 1. The van der Waals surface area contributed by atoms with E-state index in [0.717, 1.165) is 28.0 Å². The quantitative estimate of drug-likeness (QED) is 0.838. The molecule has 0 atom stereocenters. The number of amidine groups is 1. The minimum Gasteiger partial charge on any atom is -0.339 e. The first-order valence-electron chi connectivity index (χ1n) is 6.70. The van der Waals surface area contributed by atoms with Gasteiger partial charge in [-0.05, 0) is 18.2 Å². The van der Waals surface area contributed by atoms with Gasteiger partial charge in [0.05, 0.1) is 23.9 Å². The normalized spacial score (nSPS) is 16.5. The van der Waals surface area contributed by atoms with Crippen LogP contribution in [0.15, 0.2) is 29.3 Å². The van der Waals surface area contributed by atoms with Crippen LogP contribution >= 0.6 is 0 Å². The molecule has 24 heavy (non-hydrogen) atoms. The second-order valence-electron chi connectivity index (χ2n) is 4.76. The van der Waals surface area contributed by atoms with Crippen molar-refractivity contribution < 1.29 is 22.8 Å². The predicted octanol–water partition coefficient (Wildman–Crippen LogP) is 2.21. The van der Waals surface area contributed by atoms with E-state index in [1.807, 2.05) is 0 Å². The molecule has 7 nitrogen and oxygen atoms in total. The third-order valence-corrected chi connectivity index (χ3v) is 3.19. The third-order valence-electron chi connectivity index (χ3n) is 3.19. The van der Waals surface area contributed by atoms with E-state index in [2.05, 4.69) is 10.3 Å². The largest absolute Gasteiger partial charge is 0.416 e. The molecule has 0 bridgehead atoms. The lowest BCUT2D eigenvalue weighted by Gasteiger charge is -2.18. The topological polar surface area (TPSA) is 88.8 Å². The molecule has 0 aromatic heterocycles. The maximum absolute atomic E-state index is 12.9. The van der Waals surface area contributed by atoms with E-state index in [0.29, 0.717) is 0 Å². The van der Waals surface area contributed by atoms with Crippen molar-refractivity contribution in [1.82, 2.24) is 10.2 Å². The Balaban J connectivity index is 2.48. The van der Waals surface area contributed by atoms with Crippen LogP contribution in [0.2, 0.25) is 0 Å². The molecule has 1 saturated heterocycles. The Morgan fingerprint density at radius 1 is 1.46 bits per heavy atom. The maximum atomic E-state index is 12.9. The van der Waals surface area contributed by atoms with Crippen molar-refractivity contribution in [1.29, 1.82) is 5.26 Å². The van der Waals surface area contributed by atoms with Crippen LogP contribution < -0.4 is 10.2 Å². The summed E-state index contributed by atoms with van der Waals surface area (Å²) in [6, 6.07) is 4.39. The van der Waals surface area contributed by atoms with E-state index in [4.69, 9.17) is 5.26 Å². The molecule has 0 unspecified atom stereocenters. The van der Waals surface area contributed by atoms with Crippen LogP contribution in [0.25, 0.3) is 0 Å². The van der Waals surface area contributed by atoms with Crippen LogP contribution in [0.3, 0.4) is 0 Å². The molecule has 0 saturated carbocycles. The summed E-state index contributed by atoms with van der Waals surface area (Å²) in [4.78, 5) is 29.4. The SMILES string of the molecule is CNC(=O)/N=C1\CN(CC#N)C(=O)N1c1cccc(C(F)(F)F)c1. The number of hydrogen-bond donors (Lipinski definition) is 1. The zero-order valence-corrected chi connectivity index (χ0v) is 12.5. The van der Waals surface area contributed by atoms with E-state index in [-0.39, 0.29) is 24.6 Å². The van der Waals surface area contributed by atoms with Crippen LogP contribution in [0, 0.1) is 11.3 Å². The Morgan fingerprint density at radius 3 is 2.75 bits per heavy atom. The Kier molecular flexibility index (Phi) is 4.73. The van der Waals surface area contributed by atoms with Gasteiger partial charge in [-0.15, -0.1) is 0 Å². The number of carbonyl (C=O) groups excluding carboxylic acids is 2. The first kappa shape index (κ1) is 17.3. The zero-order chi connectivity index (χ0) is 17.9. The van der Waals surface area contributed by atoms with Crippen molar-refractivity contribution in [3.05, 3.63) is 29.8 Å². The Bertz CT molecular complexity index is 739. The monoisotopic (exact) mass is 339 g/mol. The molecule has 0 radical (unpaired) electrons. The average Bonchev–Trinajstić information content (AvgIpc) is 2.82. The maximum Gasteiger partial charge on any atom is 0.416 e. The number of halogens is 3. The van der Waals surface area contributed by atoms with E-state index in [9.17, 15) is 22.8 Å². The molecule has 1 N–H and O–H groups in total. The van der Waals surface area contributed by atoms with Gasteiger partial charge in [0.25, 0.3) is 0 Å². The summed E-state index contributed by atoms with van der Waals surface area (Å²) in [5.41, 5.74) is -1.02. The minimum atomic E-state index is -4.58. The van der Waals surface area contributed by atoms with Crippen LogP contribution in [0.5, 0.6) is 0 Å². The fourth-order valence-corrected chi connectivity index (χ4v) is 2.11. The molecular formula is C14H12F3N5O2. The van der Waals surface area contributed by atoms with E-state index in [1.54, 1.807) is 6.07 Å². The Morgan fingerprint density at radius 2 is 2.17 bits per heavy atom. The highest BCUT2D eigenvalue weighted by atomic mass is 19.4. The van der Waals surface area contributed by atoms with Crippen molar-refractivity contribution in [2.24, 2.45) is 4.99 Å². The average molecular weight is 339 g/mol. The summed E-state index contributed by atoms with van der Waals surface area (Å²) in [6.45, 7) is -0.433. The molecule has 1 aromatic rings. The summed E-state index contributed by atoms with van der Waals surface area (Å²) in [5, 5.41) is 11.0. The van der Waals surface area contributed by atoms with Gasteiger partial charge in [0.15, 0.2) is 0 Å². The summed E-state index contributed by atoms with van der Waals surface area (Å²) in [6.07, 6.45) is -4.58. The molecule has 1 fully saturated rings. The first-order valence-corrected chi connectivity index (χ1v) is 6.70. The number of benzene rings is 1. The van der Waals surface area contributed by atoms with Crippen LogP contribution in [-0.2, 0) is 6.18 Å². The summed E-state index contributed by atoms with van der Waals surface area (Å²) >= 11 is 0. The van der Waals surface area contributed by atoms with Gasteiger partial charge < -0.3 is 10.2 Å². The molecular weight excluding hydrogens is 327 g/mol. The van der Waals surface area contributed by atoms with Gasteiger partial charge in [0.2, 0.25) is 0 Å². The Labute approximate surface area is 135 Å². The van der Waals surface area contributed by atoms with Gasteiger partial charge in [0.1, 0.15) is 12.4 Å². The highest BCUT2D eigenvalue weighted by Gasteiger charge is 2.37. The van der Waals surface area contributed by atoms with E-state index >= 15 is 0 Å². The number of nitriles is 1. The number of nitrogens with zero attached hydrogens (tertiary/aromatic N) is 4. The van der Waals surface area contributed by atoms with E-state index in [1.165, 1.54) is 13.1 Å². The lowest BCUT2D eigenvalue weighted by Crippen LogP contribution is -2.34. The molecule has 0 aliphatic carbocycles. The van der Waals surface area contributed by atoms with Gasteiger partial charge in [-0.2, -0.15) is 23.4 Å². The van der Waals surface area contributed by atoms with Crippen LogP contribution in [0.4, 0.5) is 28.4 Å². The predicted molar refractivity (Wildman–Crippen MR) is 78.4 cm³/mol. The molecule has 1 aliphatic heterocycles. The number of aliphatic imine (C=N–C) groups is 1. The first-order chi connectivity index (χ1) is 11.3. The van der Waals surface area contributed by atoms with E-state index < -0.39 is 23.8 Å². The van der Waals surface area contributed by atoms with Crippen molar-refractivity contribution in [3.8, 4) is 6.07 Å². The number of alkyl halides is 3. The second kappa shape index (κ2) is 6.57. The van der Waals surface area contributed by atoms with Gasteiger partial charge in [0, 0.05) is 7.05 Å². The molecule has 126 valence electrons. The zero-order valence-electron chi connectivity index (χ0n) is 12.5. The van der Waals surface area contributed by atoms with Gasteiger partial charge >= 0.3 is 18.2 Å². The molecule has 1 heterocycles. The van der Waals surface area contributed by atoms with Gasteiger partial charge in [-0.25, -0.2) is 14.5 Å². The summed E-state index contributed by atoms with van der Waals surface area (Å²) in [5.74, 6) is -0.0612. The smallest absolute Gasteiger partial charge is 0.339 e. The highest BCUT2D eigenvalue weighted by molar-refractivity contribution is 6.23. The highest BCUT2D eigenvalue weighted by Crippen LogP contribution is 2.32. The van der Waals surface area contributed by atoms with Crippen molar-refractivity contribution >= 4 is 23.6 Å². The molecule has 0 spiro atoms. The molecule has 1 aromatic carbocycles. The fraction of sp³-hybridized carbons (Fsp3) is 0.286. The van der Waals surface area contributed by atoms with Crippen LogP contribution in [-0.4, -0.2) is 42.9 Å². The summed E-state index contributed by atoms with van der Waals surface area (Å²) in [7, 11) is 1.32. The number of urea groups is 2. The van der Waals surface area contributed by atoms with Crippen molar-refractivity contribution in [3.63, 3.8) is 0 Å². The number of hydrogen-bond acceptors (Lipinski definition) is 3. The standard InChI is InChI=1S/C14H12F3N5O2/c1-19-12(23)20-11-8-21(6-5-18)13(24)22(11)10-4-2-3-9(7-10)14(15,16)17/h2-4,7H,6,8H2,1H3,(H,19,23)/b20-11+. The lowest BCUT2D eigenvalue weighted by molar-refractivity contribution is -0.137. The van der Waals surface area contributed by atoms with Gasteiger partial charge in [-0.1, -0.05) is 6.07 Å². The Hall–Kier alpha value is -3.09. The third kappa shape index (κ3) is 3.45. The van der Waals surface area contributed by atoms with Gasteiger partial charge in [-0.3, -0.25) is 0 Å². The number of amides is 4. The molecule has 1 aliphatic rings. The minimum absolute atomic E-state index is 0.0612. The van der Waals surface area contributed by atoms with Crippen LogP contribution in [0.1, 0.15) is 5.56 Å². The van der Waals surface area contributed by atoms with Crippen molar-refractivity contribution in [2.45, 2.75) is 6.18 Å². The number of anilines is 1. The van der Waals surface area contributed by atoms with Crippen molar-refractivity contribution in [2.75, 3.05) is 25.0 Å². The number of rotatable bonds is 2.